The summed E-state index contributed by atoms with van der Waals surface area (Å²) in [7, 11) is 0. The van der Waals surface area contributed by atoms with Crippen LogP contribution in [0, 0.1) is 0 Å². The molecule has 2 N–H and O–H groups in total. The molecule has 0 bridgehead atoms. The van der Waals surface area contributed by atoms with E-state index in [1.54, 1.807) is 11.4 Å². The zero-order valence-corrected chi connectivity index (χ0v) is 17.0. The highest BCUT2D eigenvalue weighted by Gasteiger charge is 2.14. The first-order chi connectivity index (χ1) is 14.2. The number of carbonyl (C=O) groups excluding carboxylic acids is 2. The van der Waals surface area contributed by atoms with Gasteiger partial charge in [-0.1, -0.05) is 49.4 Å². The largest absolute Gasteiger partial charge is 0.491 e. The molecule has 0 atom stereocenters. The molecule has 0 fully saturated rings. The minimum Gasteiger partial charge on any atom is -0.491 e. The summed E-state index contributed by atoms with van der Waals surface area (Å²) in [6.07, 6.45) is 1.88. The monoisotopic (exact) mass is 409 g/mol. The number of aryl methyl sites for hydroxylation is 1. The molecule has 150 valence electrons. The van der Waals surface area contributed by atoms with Crippen molar-refractivity contribution < 1.29 is 14.3 Å². The SMILES string of the molecule is CCCOc1ccccc1NC(=O)c1csc(NC(=O)CCc2ccccc2)n1. The summed E-state index contributed by atoms with van der Waals surface area (Å²) in [4.78, 5) is 28.9. The van der Waals surface area contributed by atoms with Crippen LogP contribution in [0.25, 0.3) is 0 Å². The summed E-state index contributed by atoms with van der Waals surface area (Å²) in [5.74, 6) is 0.138. The minimum atomic E-state index is -0.349. The van der Waals surface area contributed by atoms with Gasteiger partial charge in [0.1, 0.15) is 11.4 Å². The first kappa shape index (κ1) is 20.5. The van der Waals surface area contributed by atoms with Gasteiger partial charge in [-0.2, -0.15) is 0 Å². The number of thiazole rings is 1. The van der Waals surface area contributed by atoms with Crippen LogP contribution in [0.1, 0.15) is 35.8 Å². The molecule has 0 aliphatic rings. The molecule has 0 unspecified atom stereocenters. The number of para-hydroxylation sites is 2. The van der Waals surface area contributed by atoms with E-state index in [1.807, 2.05) is 55.5 Å². The van der Waals surface area contributed by atoms with Crippen molar-refractivity contribution in [3.05, 3.63) is 71.2 Å². The third kappa shape index (κ3) is 6.15. The molecule has 0 aliphatic carbocycles. The molecule has 0 spiro atoms. The van der Waals surface area contributed by atoms with Gasteiger partial charge in [-0.25, -0.2) is 4.98 Å². The van der Waals surface area contributed by atoms with Crippen molar-refractivity contribution in [2.45, 2.75) is 26.2 Å². The maximum Gasteiger partial charge on any atom is 0.275 e. The Morgan fingerprint density at radius 2 is 1.79 bits per heavy atom. The minimum absolute atomic E-state index is 0.131. The average molecular weight is 410 g/mol. The van der Waals surface area contributed by atoms with Gasteiger partial charge < -0.3 is 15.4 Å². The number of hydrogen-bond donors (Lipinski definition) is 2. The topological polar surface area (TPSA) is 80.3 Å². The number of nitrogens with one attached hydrogen (secondary N) is 2. The highest BCUT2D eigenvalue weighted by atomic mass is 32.1. The molecule has 29 heavy (non-hydrogen) atoms. The zero-order chi connectivity index (χ0) is 20.5. The lowest BCUT2D eigenvalue weighted by atomic mass is 10.1. The number of anilines is 2. The van der Waals surface area contributed by atoms with Crippen LogP contribution in [0.15, 0.2) is 60.0 Å². The molecule has 0 saturated heterocycles. The van der Waals surface area contributed by atoms with Gasteiger partial charge in [-0.15, -0.1) is 11.3 Å². The third-order valence-electron chi connectivity index (χ3n) is 4.06. The van der Waals surface area contributed by atoms with Crippen LogP contribution in [0.2, 0.25) is 0 Å². The summed E-state index contributed by atoms with van der Waals surface area (Å²) in [6, 6.07) is 17.1. The average Bonchev–Trinajstić information content (AvgIpc) is 3.21. The van der Waals surface area contributed by atoms with Gasteiger partial charge in [0.25, 0.3) is 5.91 Å². The molecule has 3 aromatic rings. The Kier molecular flexibility index (Phi) is 7.35. The Hall–Kier alpha value is -3.19. The van der Waals surface area contributed by atoms with E-state index in [-0.39, 0.29) is 17.5 Å². The number of amides is 2. The number of rotatable bonds is 9. The smallest absolute Gasteiger partial charge is 0.275 e. The molecule has 0 saturated carbocycles. The lowest BCUT2D eigenvalue weighted by Crippen LogP contribution is -2.15. The van der Waals surface area contributed by atoms with E-state index in [0.29, 0.717) is 36.0 Å². The predicted molar refractivity (Wildman–Crippen MR) is 116 cm³/mol. The summed E-state index contributed by atoms with van der Waals surface area (Å²) >= 11 is 1.22. The quantitative estimate of drug-likeness (QED) is 0.534. The summed E-state index contributed by atoms with van der Waals surface area (Å²) in [6.45, 7) is 2.59. The molecule has 0 aliphatic heterocycles. The fourth-order valence-corrected chi connectivity index (χ4v) is 3.32. The van der Waals surface area contributed by atoms with E-state index >= 15 is 0 Å². The molecular weight excluding hydrogens is 386 g/mol. The van der Waals surface area contributed by atoms with E-state index in [0.717, 1.165) is 12.0 Å². The second-order valence-electron chi connectivity index (χ2n) is 6.37. The van der Waals surface area contributed by atoms with Gasteiger partial charge >= 0.3 is 0 Å². The number of aromatic nitrogens is 1. The lowest BCUT2D eigenvalue weighted by molar-refractivity contribution is -0.116. The van der Waals surface area contributed by atoms with Crippen molar-refractivity contribution in [1.29, 1.82) is 0 Å². The van der Waals surface area contributed by atoms with Crippen molar-refractivity contribution in [1.82, 2.24) is 4.98 Å². The number of hydrogen-bond acceptors (Lipinski definition) is 5. The van der Waals surface area contributed by atoms with E-state index in [4.69, 9.17) is 4.74 Å². The molecular formula is C22H23N3O3S. The second-order valence-corrected chi connectivity index (χ2v) is 7.23. The maximum absolute atomic E-state index is 12.5. The summed E-state index contributed by atoms with van der Waals surface area (Å²) in [5.41, 5.74) is 1.94. The van der Waals surface area contributed by atoms with E-state index < -0.39 is 0 Å². The molecule has 7 heteroatoms. The molecule has 0 radical (unpaired) electrons. The summed E-state index contributed by atoms with van der Waals surface area (Å²) < 4.78 is 5.65. The Bertz CT molecular complexity index is 957. The Labute approximate surface area is 173 Å². The maximum atomic E-state index is 12.5. The highest BCUT2D eigenvalue weighted by molar-refractivity contribution is 7.14. The number of ether oxygens (including phenoxy) is 1. The number of benzene rings is 2. The fraction of sp³-hybridized carbons (Fsp3) is 0.227. The van der Waals surface area contributed by atoms with Crippen molar-refractivity contribution in [2.24, 2.45) is 0 Å². The number of carbonyl (C=O) groups is 2. The van der Waals surface area contributed by atoms with Gasteiger partial charge in [0.15, 0.2) is 5.13 Å². The van der Waals surface area contributed by atoms with Gasteiger partial charge in [0.2, 0.25) is 5.91 Å². The van der Waals surface area contributed by atoms with Crippen LogP contribution in [-0.2, 0) is 11.2 Å². The van der Waals surface area contributed by atoms with E-state index in [1.165, 1.54) is 11.3 Å². The van der Waals surface area contributed by atoms with Gasteiger partial charge in [0.05, 0.1) is 12.3 Å². The third-order valence-corrected chi connectivity index (χ3v) is 4.82. The number of nitrogens with zero attached hydrogens (tertiary/aromatic N) is 1. The van der Waals surface area contributed by atoms with Crippen molar-refractivity contribution in [2.75, 3.05) is 17.2 Å². The van der Waals surface area contributed by atoms with Crippen LogP contribution in [-0.4, -0.2) is 23.4 Å². The highest BCUT2D eigenvalue weighted by Crippen LogP contribution is 2.25. The molecule has 1 heterocycles. The lowest BCUT2D eigenvalue weighted by Gasteiger charge is -2.11. The second kappa shape index (κ2) is 10.4. The van der Waals surface area contributed by atoms with Crippen LogP contribution in [0.4, 0.5) is 10.8 Å². The first-order valence-corrected chi connectivity index (χ1v) is 10.4. The van der Waals surface area contributed by atoms with Crippen molar-refractivity contribution >= 4 is 34.0 Å². The van der Waals surface area contributed by atoms with E-state index in [9.17, 15) is 9.59 Å². The normalized spacial score (nSPS) is 10.4. The van der Waals surface area contributed by atoms with E-state index in [2.05, 4.69) is 15.6 Å². The molecule has 3 rings (SSSR count). The Balaban J connectivity index is 1.55. The van der Waals surface area contributed by atoms with Crippen LogP contribution in [0.3, 0.4) is 0 Å². The van der Waals surface area contributed by atoms with Gasteiger partial charge in [-0.3, -0.25) is 9.59 Å². The standard InChI is InChI=1S/C22H23N3O3S/c1-2-14-28-19-11-7-6-10-17(19)23-21(27)18-15-29-22(24-18)25-20(26)13-12-16-8-4-3-5-9-16/h3-11,15H,2,12-14H2,1H3,(H,23,27)(H,24,25,26). The zero-order valence-electron chi connectivity index (χ0n) is 16.2. The van der Waals surface area contributed by atoms with Gasteiger partial charge in [-0.05, 0) is 30.5 Å². The molecule has 1 aromatic heterocycles. The first-order valence-electron chi connectivity index (χ1n) is 9.48. The predicted octanol–water partition coefficient (Wildman–Crippen LogP) is 4.76. The fourth-order valence-electron chi connectivity index (χ4n) is 2.61. The Morgan fingerprint density at radius 3 is 2.59 bits per heavy atom. The van der Waals surface area contributed by atoms with Crippen molar-refractivity contribution in [3.8, 4) is 5.75 Å². The van der Waals surface area contributed by atoms with Crippen LogP contribution < -0.4 is 15.4 Å². The van der Waals surface area contributed by atoms with Gasteiger partial charge in [0, 0.05) is 11.8 Å². The molecule has 2 amide bonds. The molecule has 2 aromatic carbocycles. The Morgan fingerprint density at radius 1 is 1.03 bits per heavy atom. The van der Waals surface area contributed by atoms with Crippen molar-refractivity contribution in [3.63, 3.8) is 0 Å². The van der Waals surface area contributed by atoms with Crippen LogP contribution >= 0.6 is 11.3 Å². The van der Waals surface area contributed by atoms with Crippen LogP contribution in [0.5, 0.6) is 5.75 Å². The summed E-state index contributed by atoms with van der Waals surface area (Å²) in [5, 5.41) is 7.60. The molecule has 6 nitrogen and oxygen atoms in total.